The molecule has 1 aliphatic heterocycles. The fourth-order valence-corrected chi connectivity index (χ4v) is 5.54. The zero-order valence-electron chi connectivity index (χ0n) is 13.6. The van der Waals surface area contributed by atoms with Gasteiger partial charge in [0.1, 0.15) is 6.54 Å². The number of amides is 1. The monoisotopic (exact) mass is 373 g/mol. The first-order valence-corrected chi connectivity index (χ1v) is 10.1. The van der Waals surface area contributed by atoms with E-state index in [1.54, 1.807) is 12.1 Å². The van der Waals surface area contributed by atoms with E-state index < -0.39 is 5.97 Å². The molecule has 25 heavy (non-hydrogen) atoms. The summed E-state index contributed by atoms with van der Waals surface area (Å²) < 4.78 is 0.434. The molecule has 0 atom stereocenters. The van der Waals surface area contributed by atoms with Gasteiger partial charge >= 0.3 is 5.97 Å². The average molecular weight is 373 g/mol. The van der Waals surface area contributed by atoms with Gasteiger partial charge in [-0.15, -0.1) is 23.5 Å². The summed E-state index contributed by atoms with van der Waals surface area (Å²) in [7, 11) is 0. The van der Waals surface area contributed by atoms with Crippen LogP contribution in [0.25, 0.3) is 0 Å². The summed E-state index contributed by atoms with van der Waals surface area (Å²) >= 11 is 3.83. The van der Waals surface area contributed by atoms with E-state index in [1.807, 2.05) is 66.0 Å². The molecular weight excluding hydrogens is 354 g/mol. The van der Waals surface area contributed by atoms with Gasteiger partial charge in [-0.05, 0) is 23.3 Å². The van der Waals surface area contributed by atoms with Crippen molar-refractivity contribution in [2.24, 2.45) is 0 Å². The number of carboxylic acids is 1. The van der Waals surface area contributed by atoms with Crippen LogP contribution in [0.4, 0.5) is 0 Å². The van der Waals surface area contributed by atoms with Crippen LogP contribution in [0.3, 0.4) is 0 Å². The molecule has 1 amide bonds. The SMILES string of the molecule is O=C(O)CN(Cc1ccccc1)C(=O)c1ccc(C2SCCS2)cc1. The molecule has 0 unspecified atom stereocenters. The van der Waals surface area contributed by atoms with E-state index >= 15 is 0 Å². The molecule has 1 saturated heterocycles. The lowest BCUT2D eigenvalue weighted by Gasteiger charge is -2.21. The smallest absolute Gasteiger partial charge is 0.323 e. The number of aliphatic carboxylic acids is 1. The minimum absolute atomic E-state index is 0.260. The lowest BCUT2D eigenvalue weighted by atomic mass is 10.1. The molecule has 0 spiro atoms. The second-order valence-corrected chi connectivity index (χ2v) is 8.46. The highest BCUT2D eigenvalue weighted by atomic mass is 32.2. The van der Waals surface area contributed by atoms with Gasteiger partial charge in [-0.1, -0.05) is 42.5 Å². The number of carbonyl (C=O) groups excluding carboxylic acids is 1. The maximum Gasteiger partial charge on any atom is 0.323 e. The van der Waals surface area contributed by atoms with Gasteiger partial charge in [0.15, 0.2) is 0 Å². The van der Waals surface area contributed by atoms with Crippen molar-refractivity contribution >= 4 is 35.4 Å². The van der Waals surface area contributed by atoms with Crippen LogP contribution in [0.15, 0.2) is 54.6 Å². The molecule has 1 heterocycles. The summed E-state index contributed by atoms with van der Waals surface area (Å²) in [4.78, 5) is 25.3. The van der Waals surface area contributed by atoms with Crippen molar-refractivity contribution in [3.05, 3.63) is 71.3 Å². The highest BCUT2D eigenvalue weighted by Gasteiger charge is 2.21. The molecule has 3 rings (SSSR count). The summed E-state index contributed by atoms with van der Waals surface area (Å²) in [5.41, 5.74) is 2.64. The molecule has 1 aliphatic rings. The summed E-state index contributed by atoms with van der Waals surface area (Å²) in [6, 6.07) is 17.0. The number of carboxylic acid groups (broad SMARTS) is 1. The standard InChI is InChI=1S/C19H19NO3S2/c21-17(22)13-20(12-14-4-2-1-3-5-14)18(23)15-6-8-16(9-7-15)19-24-10-11-25-19/h1-9,19H,10-13H2,(H,21,22). The van der Waals surface area contributed by atoms with E-state index in [9.17, 15) is 9.59 Å². The predicted octanol–water partition coefficient (Wildman–Crippen LogP) is 3.89. The third-order valence-electron chi connectivity index (χ3n) is 3.88. The van der Waals surface area contributed by atoms with Gasteiger partial charge in [-0.3, -0.25) is 9.59 Å². The first-order chi connectivity index (χ1) is 12.1. The summed E-state index contributed by atoms with van der Waals surface area (Å²) in [5, 5.41) is 9.15. The third kappa shape index (κ3) is 4.80. The third-order valence-corrected chi connectivity index (χ3v) is 6.99. The van der Waals surface area contributed by atoms with Crippen molar-refractivity contribution in [1.82, 2.24) is 4.90 Å². The minimum atomic E-state index is -1.01. The molecule has 130 valence electrons. The summed E-state index contributed by atoms with van der Waals surface area (Å²) in [6.07, 6.45) is 0. The van der Waals surface area contributed by atoms with Gasteiger partial charge in [0.05, 0.1) is 4.58 Å². The molecule has 6 heteroatoms. The Bertz CT molecular complexity index is 728. The molecule has 0 bridgehead atoms. The van der Waals surface area contributed by atoms with Crippen LogP contribution in [0.5, 0.6) is 0 Å². The van der Waals surface area contributed by atoms with Crippen molar-refractivity contribution < 1.29 is 14.7 Å². The Morgan fingerprint density at radius 1 is 1.00 bits per heavy atom. The second-order valence-electron chi connectivity index (χ2n) is 5.74. The first kappa shape index (κ1) is 17.9. The van der Waals surface area contributed by atoms with Crippen molar-refractivity contribution in [2.45, 2.75) is 11.1 Å². The summed E-state index contributed by atoms with van der Waals surface area (Å²) in [6.45, 7) is -0.0359. The Morgan fingerprint density at radius 3 is 2.24 bits per heavy atom. The zero-order chi connectivity index (χ0) is 17.6. The van der Waals surface area contributed by atoms with Gasteiger partial charge < -0.3 is 10.0 Å². The van der Waals surface area contributed by atoms with Crippen LogP contribution < -0.4 is 0 Å². The molecule has 0 saturated carbocycles. The molecule has 0 aromatic heterocycles. The van der Waals surface area contributed by atoms with E-state index in [4.69, 9.17) is 5.11 Å². The van der Waals surface area contributed by atoms with Crippen molar-refractivity contribution in [3.8, 4) is 0 Å². The van der Waals surface area contributed by atoms with Crippen LogP contribution >= 0.6 is 23.5 Å². The van der Waals surface area contributed by atoms with Gasteiger partial charge in [-0.25, -0.2) is 0 Å². The van der Waals surface area contributed by atoms with E-state index in [0.29, 0.717) is 10.1 Å². The van der Waals surface area contributed by atoms with Crippen LogP contribution in [0.2, 0.25) is 0 Å². The molecule has 0 radical (unpaired) electrons. The zero-order valence-corrected chi connectivity index (χ0v) is 15.3. The quantitative estimate of drug-likeness (QED) is 0.832. The maximum atomic E-state index is 12.8. The van der Waals surface area contributed by atoms with Gasteiger partial charge in [0.25, 0.3) is 5.91 Å². The molecule has 2 aromatic rings. The number of hydrogen-bond donors (Lipinski definition) is 1. The maximum absolute atomic E-state index is 12.8. The van der Waals surface area contributed by atoms with Crippen LogP contribution in [-0.4, -0.2) is 39.9 Å². The lowest BCUT2D eigenvalue weighted by molar-refractivity contribution is -0.137. The number of nitrogens with zero attached hydrogens (tertiary/aromatic N) is 1. The fourth-order valence-electron chi connectivity index (χ4n) is 2.68. The predicted molar refractivity (Wildman–Crippen MR) is 103 cm³/mol. The van der Waals surface area contributed by atoms with Crippen molar-refractivity contribution in [1.29, 1.82) is 0 Å². The number of rotatable bonds is 6. The number of carbonyl (C=O) groups is 2. The van der Waals surface area contributed by atoms with E-state index in [2.05, 4.69) is 0 Å². The van der Waals surface area contributed by atoms with E-state index in [0.717, 1.165) is 17.1 Å². The molecule has 0 aliphatic carbocycles. The number of hydrogen-bond acceptors (Lipinski definition) is 4. The lowest BCUT2D eigenvalue weighted by Crippen LogP contribution is -2.35. The largest absolute Gasteiger partial charge is 0.480 e. The summed E-state index contributed by atoms with van der Waals surface area (Å²) in [5.74, 6) is 1.03. The molecule has 4 nitrogen and oxygen atoms in total. The molecule has 1 N–H and O–H groups in total. The Hall–Kier alpha value is -1.92. The highest BCUT2D eigenvalue weighted by Crippen LogP contribution is 2.45. The highest BCUT2D eigenvalue weighted by molar-refractivity contribution is 8.19. The Kier molecular flexibility index (Phi) is 6.04. The van der Waals surface area contributed by atoms with Crippen LogP contribution in [-0.2, 0) is 11.3 Å². The Labute approximate surface area is 155 Å². The van der Waals surface area contributed by atoms with Gasteiger partial charge in [0, 0.05) is 23.6 Å². The fraction of sp³-hybridized carbons (Fsp3) is 0.263. The van der Waals surface area contributed by atoms with Gasteiger partial charge in [-0.2, -0.15) is 0 Å². The van der Waals surface area contributed by atoms with E-state index in [-0.39, 0.29) is 19.0 Å². The second kappa shape index (κ2) is 8.45. The number of thioether (sulfide) groups is 2. The van der Waals surface area contributed by atoms with Crippen molar-refractivity contribution in [2.75, 3.05) is 18.1 Å². The molecule has 2 aromatic carbocycles. The first-order valence-electron chi connectivity index (χ1n) is 8.01. The minimum Gasteiger partial charge on any atom is -0.480 e. The van der Waals surface area contributed by atoms with Crippen LogP contribution in [0, 0.1) is 0 Å². The van der Waals surface area contributed by atoms with Gasteiger partial charge in [0.2, 0.25) is 0 Å². The molecule has 1 fully saturated rings. The Morgan fingerprint density at radius 2 is 1.64 bits per heavy atom. The topological polar surface area (TPSA) is 57.6 Å². The van der Waals surface area contributed by atoms with E-state index in [1.165, 1.54) is 10.5 Å². The number of benzene rings is 2. The normalized spacial score (nSPS) is 14.4. The van der Waals surface area contributed by atoms with Crippen molar-refractivity contribution in [3.63, 3.8) is 0 Å². The molecular formula is C19H19NO3S2. The Balaban J connectivity index is 1.75. The van der Waals surface area contributed by atoms with Crippen LogP contribution in [0.1, 0.15) is 26.1 Å². The average Bonchev–Trinajstić information content (AvgIpc) is 3.16.